The molecule has 1 heterocycles. The van der Waals surface area contributed by atoms with Crippen LogP contribution in [0.15, 0.2) is 0 Å². The maximum atomic E-state index is 9.55. The lowest BCUT2D eigenvalue weighted by molar-refractivity contribution is -0.249. The van der Waals surface area contributed by atoms with Gasteiger partial charge >= 0.3 is 0 Å². The van der Waals surface area contributed by atoms with E-state index in [1.165, 1.54) is 0 Å². The summed E-state index contributed by atoms with van der Waals surface area (Å²) in [5.74, 6) is 0. The van der Waals surface area contributed by atoms with Gasteiger partial charge in [0.15, 0.2) is 0 Å². The third kappa shape index (κ3) is 1.83. The van der Waals surface area contributed by atoms with Crippen LogP contribution in [0.1, 0.15) is 1.37 Å². The van der Waals surface area contributed by atoms with E-state index in [0.717, 1.165) is 0 Å². The Kier molecular flexibility index (Phi) is 2.77. The van der Waals surface area contributed by atoms with Gasteiger partial charge in [-0.15, -0.1) is 0 Å². The molecule has 0 amide bonds. The minimum Gasteiger partial charge on any atom is -0.394 e. The van der Waals surface area contributed by atoms with Gasteiger partial charge in [-0.3, -0.25) is 0 Å². The number of hydrogen-bond acceptors (Lipinski definition) is 6. The van der Waals surface area contributed by atoms with E-state index in [9.17, 15) is 15.3 Å². The maximum absolute atomic E-state index is 9.55. The van der Waals surface area contributed by atoms with Gasteiger partial charge < -0.3 is 30.3 Å². The monoisotopic (exact) mass is 195 g/mol. The second kappa shape index (κ2) is 3.87. The molecule has 0 spiro atoms. The Labute approximate surface area is 76.4 Å². The second-order valence-electron chi connectivity index (χ2n) is 3.06. The fourth-order valence-electron chi connectivity index (χ4n) is 1.14. The SMILES string of the molecule is [2H]C1O[C@H](CO)[C@@H](O)[C@H](O)[C@]1(O)CO. The molecule has 6 nitrogen and oxygen atoms in total. The molecule has 5 N–H and O–H groups in total. The molecule has 78 valence electrons. The van der Waals surface area contributed by atoms with Gasteiger partial charge in [-0.1, -0.05) is 0 Å². The Morgan fingerprint density at radius 3 is 2.54 bits per heavy atom. The molecule has 13 heavy (non-hydrogen) atoms. The van der Waals surface area contributed by atoms with Crippen molar-refractivity contribution in [1.82, 2.24) is 0 Å². The summed E-state index contributed by atoms with van der Waals surface area (Å²) in [4.78, 5) is 0. The summed E-state index contributed by atoms with van der Waals surface area (Å²) in [5.41, 5.74) is -2.22. The molecule has 0 saturated carbocycles. The molecule has 0 aliphatic carbocycles. The van der Waals surface area contributed by atoms with Gasteiger partial charge in [-0.2, -0.15) is 0 Å². The van der Waals surface area contributed by atoms with Crippen LogP contribution in [0.3, 0.4) is 0 Å². The largest absolute Gasteiger partial charge is 0.394 e. The molecule has 6 heteroatoms. The first-order valence-corrected chi connectivity index (χ1v) is 3.85. The van der Waals surface area contributed by atoms with Crippen molar-refractivity contribution in [2.45, 2.75) is 23.9 Å². The minimum atomic E-state index is -2.22. The van der Waals surface area contributed by atoms with E-state index < -0.39 is 43.7 Å². The van der Waals surface area contributed by atoms with Crippen molar-refractivity contribution in [3.8, 4) is 0 Å². The summed E-state index contributed by atoms with van der Waals surface area (Å²) in [6.45, 7) is -3.09. The van der Waals surface area contributed by atoms with E-state index in [1.54, 1.807) is 0 Å². The van der Waals surface area contributed by atoms with Crippen LogP contribution >= 0.6 is 0 Å². The van der Waals surface area contributed by atoms with Crippen molar-refractivity contribution in [1.29, 1.82) is 0 Å². The summed E-state index contributed by atoms with van der Waals surface area (Å²) >= 11 is 0. The smallest absolute Gasteiger partial charge is 0.139 e. The van der Waals surface area contributed by atoms with Crippen molar-refractivity contribution in [3.63, 3.8) is 0 Å². The van der Waals surface area contributed by atoms with Gasteiger partial charge in [0.1, 0.15) is 23.9 Å². The van der Waals surface area contributed by atoms with Gasteiger partial charge in [-0.05, 0) is 0 Å². The zero-order valence-corrected chi connectivity index (χ0v) is 6.87. The molecule has 0 radical (unpaired) electrons. The molecule has 1 aliphatic heterocycles. The van der Waals surface area contributed by atoms with Gasteiger partial charge in [0.05, 0.1) is 21.2 Å². The number of hydrogen-bond donors (Lipinski definition) is 5. The van der Waals surface area contributed by atoms with Crippen LogP contribution in [0, 0.1) is 0 Å². The van der Waals surface area contributed by atoms with Crippen LogP contribution in [0.5, 0.6) is 0 Å². The zero-order valence-electron chi connectivity index (χ0n) is 7.87. The Bertz CT molecular complexity index is 203. The second-order valence-corrected chi connectivity index (χ2v) is 3.06. The van der Waals surface area contributed by atoms with Crippen LogP contribution in [0.4, 0.5) is 0 Å². The molecule has 1 saturated heterocycles. The third-order valence-corrected chi connectivity index (χ3v) is 2.10. The molecule has 0 aromatic rings. The van der Waals surface area contributed by atoms with E-state index in [0.29, 0.717) is 0 Å². The Hall–Kier alpha value is -0.240. The van der Waals surface area contributed by atoms with Gasteiger partial charge in [0.25, 0.3) is 0 Å². The zero-order chi connectivity index (χ0) is 10.9. The molecule has 1 rings (SSSR count). The topological polar surface area (TPSA) is 110 Å². The first-order chi connectivity index (χ1) is 6.47. The standard InChI is InChI=1S/C7H14O6/c8-1-4-5(10)6(11)7(12,2-9)3-13-4/h4-6,8-12H,1-3H2/t4-,5-,6+,7+/m1/s1/i3D/t3?,4-,5-,6+,7+. The lowest BCUT2D eigenvalue weighted by atomic mass is 9.89. The number of aliphatic hydroxyl groups excluding tert-OH is 4. The fourth-order valence-corrected chi connectivity index (χ4v) is 1.14. The number of ether oxygens (including phenoxy) is 1. The highest BCUT2D eigenvalue weighted by atomic mass is 16.5. The van der Waals surface area contributed by atoms with Crippen molar-refractivity contribution in [2.75, 3.05) is 19.8 Å². The van der Waals surface area contributed by atoms with Crippen LogP contribution < -0.4 is 0 Å². The molecule has 0 aromatic heterocycles. The summed E-state index contributed by atoms with van der Waals surface area (Å²) in [6.07, 6.45) is -4.38. The summed E-state index contributed by atoms with van der Waals surface area (Å²) in [7, 11) is 0. The van der Waals surface area contributed by atoms with Crippen molar-refractivity contribution < 1.29 is 31.6 Å². The average molecular weight is 195 g/mol. The molecule has 1 unspecified atom stereocenters. The average Bonchev–Trinajstić information content (AvgIpc) is 2.20. The predicted molar refractivity (Wildman–Crippen MR) is 40.9 cm³/mol. The molecule has 0 aromatic carbocycles. The molecule has 5 atom stereocenters. The lowest BCUT2D eigenvalue weighted by Gasteiger charge is -2.41. The maximum Gasteiger partial charge on any atom is 0.139 e. The minimum absolute atomic E-state index is 0.574. The Morgan fingerprint density at radius 1 is 1.46 bits per heavy atom. The molecular formula is C7H14O6. The summed E-state index contributed by atoms with van der Waals surface area (Å²) in [5, 5.41) is 45.8. The fraction of sp³-hybridized carbons (Fsp3) is 1.00. The van der Waals surface area contributed by atoms with Gasteiger partial charge in [0.2, 0.25) is 0 Å². The molecule has 0 bridgehead atoms. The van der Waals surface area contributed by atoms with E-state index in [4.69, 9.17) is 16.3 Å². The predicted octanol–water partition coefficient (Wildman–Crippen LogP) is -3.18. The highest BCUT2D eigenvalue weighted by Gasteiger charge is 2.47. The summed E-state index contributed by atoms with van der Waals surface area (Å²) < 4.78 is 12.0. The molecule has 1 fully saturated rings. The van der Waals surface area contributed by atoms with Crippen LogP contribution in [-0.2, 0) is 4.74 Å². The first-order valence-electron chi connectivity index (χ1n) is 4.43. The van der Waals surface area contributed by atoms with Crippen LogP contribution in [0.2, 0.25) is 0 Å². The Morgan fingerprint density at radius 2 is 2.08 bits per heavy atom. The van der Waals surface area contributed by atoms with E-state index in [2.05, 4.69) is 0 Å². The van der Waals surface area contributed by atoms with Gasteiger partial charge in [0, 0.05) is 0 Å². The third-order valence-electron chi connectivity index (χ3n) is 2.10. The number of aliphatic hydroxyl groups is 5. The highest BCUT2D eigenvalue weighted by Crippen LogP contribution is 2.23. The van der Waals surface area contributed by atoms with E-state index in [1.807, 2.05) is 0 Å². The first kappa shape index (κ1) is 9.32. The molecular weight excluding hydrogens is 180 g/mol. The van der Waals surface area contributed by atoms with Crippen molar-refractivity contribution in [3.05, 3.63) is 0 Å². The van der Waals surface area contributed by atoms with E-state index in [-0.39, 0.29) is 0 Å². The highest BCUT2D eigenvalue weighted by molar-refractivity contribution is 4.97. The normalized spacial score (nSPS) is 53.2. The van der Waals surface area contributed by atoms with Gasteiger partial charge in [-0.25, -0.2) is 0 Å². The molecule has 1 aliphatic rings. The number of rotatable bonds is 2. The summed E-state index contributed by atoms with van der Waals surface area (Å²) in [6, 6.07) is 0. The van der Waals surface area contributed by atoms with E-state index >= 15 is 0 Å². The quantitative estimate of drug-likeness (QED) is 0.318. The van der Waals surface area contributed by atoms with Crippen molar-refractivity contribution >= 4 is 0 Å². The van der Waals surface area contributed by atoms with Crippen LogP contribution in [-0.4, -0.2) is 69.2 Å². The Balaban J connectivity index is 2.84. The van der Waals surface area contributed by atoms with Crippen LogP contribution in [0.25, 0.3) is 0 Å². The lowest BCUT2D eigenvalue weighted by Crippen LogP contribution is -2.63. The van der Waals surface area contributed by atoms with Crippen molar-refractivity contribution in [2.24, 2.45) is 0 Å².